The van der Waals surface area contributed by atoms with Gasteiger partial charge >= 0.3 is 5.97 Å². The van der Waals surface area contributed by atoms with Crippen molar-refractivity contribution in [2.24, 2.45) is 0 Å². The summed E-state index contributed by atoms with van der Waals surface area (Å²) in [6.45, 7) is 1.26. The molecule has 2 aromatic rings. The summed E-state index contributed by atoms with van der Waals surface area (Å²) < 4.78 is 5.27. The maximum absolute atomic E-state index is 12.7. The number of rotatable bonds is 2. The van der Waals surface area contributed by atoms with Crippen LogP contribution in [0, 0.1) is 0 Å². The van der Waals surface area contributed by atoms with E-state index in [0.29, 0.717) is 16.7 Å². The molecule has 2 aromatic carbocycles. The zero-order valence-corrected chi connectivity index (χ0v) is 11.4. The number of ether oxygens (including phenoxy) is 1. The van der Waals surface area contributed by atoms with Crippen molar-refractivity contribution in [3.05, 3.63) is 71.3 Å². The molecule has 106 valence electrons. The lowest BCUT2D eigenvalue weighted by Crippen LogP contribution is -2.38. The van der Waals surface area contributed by atoms with E-state index >= 15 is 0 Å². The van der Waals surface area contributed by atoms with Crippen LogP contribution in [-0.4, -0.2) is 16.9 Å². The number of ketones is 1. The molecular formula is C17H14O4. The molecule has 0 fully saturated rings. The maximum atomic E-state index is 12.7. The second-order valence-electron chi connectivity index (χ2n) is 5.04. The van der Waals surface area contributed by atoms with Gasteiger partial charge in [-0.05, 0) is 5.56 Å². The third kappa shape index (κ3) is 1.96. The molecule has 0 aromatic heterocycles. The molecule has 0 spiro atoms. The predicted molar refractivity (Wildman–Crippen MR) is 75.6 cm³/mol. The van der Waals surface area contributed by atoms with Gasteiger partial charge < -0.3 is 9.84 Å². The largest absolute Gasteiger partial charge is 0.454 e. The molecule has 0 radical (unpaired) electrons. The molecule has 1 aliphatic carbocycles. The molecule has 0 amide bonds. The van der Waals surface area contributed by atoms with Gasteiger partial charge in [0.05, 0.1) is 0 Å². The average Bonchev–Trinajstić information content (AvgIpc) is 2.71. The van der Waals surface area contributed by atoms with Crippen LogP contribution in [-0.2, 0) is 15.1 Å². The number of hydrogen-bond donors (Lipinski definition) is 1. The second-order valence-corrected chi connectivity index (χ2v) is 5.04. The van der Waals surface area contributed by atoms with Crippen LogP contribution in [0.2, 0.25) is 0 Å². The van der Waals surface area contributed by atoms with E-state index in [-0.39, 0.29) is 0 Å². The topological polar surface area (TPSA) is 63.6 Å². The maximum Gasteiger partial charge on any atom is 0.303 e. The fourth-order valence-electron chi connectivity index (χ4n) is 2.77. The first-order valence-electron chi connectivity index (χ1n) is 6.64. The Bertz CT molecular complexity index is 708. The summed E-state index contributed by atoms with van der Waals surface area (Å²) in [4.78, 5) is 24.1. The van der Waals surface area contributed by atoms with E-state index in [0.717, 1.165) is 0 Å². The summed E-state index contributed by atoms with van der Waals surface area (Å²) >= 11 is 0. The number of hydrogen-bond acceptors (Lipinski definition) is 4. The van der Waals surface area contributed by atoms with Crippen molar-refractivity contribution in [3.63, 3.8) is 0 Å². The Labute approximate surface area is 122 Å². The van der Waals surface area contributed by atoms with Gasteiger partial charge in [-0.2, -0.15) is 0 Å². The van der Waals surface area contributed by atoms with Gasteiger partial charge in [-0.1, -0.05) is 54.6 Å². The van der Waals surface area contributed by atoms with Crippen LogP contribution in [0.5, 0.6) is 0 Å². The molecule has 0 saturated carbocycles. The normalized spacial score (nSPS) is 23.7. The van der Waals surface area contributed by atoms with Crippen LogP contribution >= 0.6 is 0 Å². The van der Waals surface area contributed by atoms with Crippen LogP contribution in [0.25, 0.3) is 0 Å². The number of fused-ring (bicyclic) bond motifs is 1. The fraction of sp³-hybridized carbons (Fsp3) is 0.176. The second kappa shape index (κ2) is 4.82. The molecule has 2 atom stereocenters. The number of aliphatic hydroxyl groups is 1. The number of carbonyl (C=O) groups excluding carboxylic acids is 2. The molecule has 0 heterocycles. The monoisotopic (exact) mass is 282 g/mol. The lowest BCUT2D eigenvalue weighted by Gasteiger charge is -2.28. The highest BCUT2D eigenvalue weighted by Gasteiger charge is 2.55. The highest BCUT2D eigenvalue weighted by Crippen LogP contribution is 2.47. The van der Waals surface area contributed by atoms with E-state index in [1.165, 1.54) is 6.92 Å². The van der Waals surface area contributed by atoms with Crippen LogP contribution in [0.3, 0.4) is 0 Å². The van der Waals surface area contributed by atoms with Gasteiger partial charge in [-0.25, -0.2) is 0 Å². The van der Waals surface area contributed by atoms with Crippen LogP contribution in [0.1, 0.15) is 34.5 Å². The summed E-state index contributed by atoms with van der Waals surface area (Å²) in [5, 5.41) is 11.0. The zero-order chi connectivity index (χ0) is 15.0. The van der Waals surface area contributed by atoms with Gasteiger partial charge in [-0.3, -0.25) is 9.59 Å². The molecule has 2 unspecified atom stereocenters. The Morgan fingerprint density at radius 1 is 1.10 bits per heavy atom. The predicted octanol–water partition coefficient (Wildman–Crippen LogP) is 2.37. The van der Waals surface area contributed by atoms with Crippen molar-refractivity contribution in [1.29, 1.82) is 0 Å². The Hall–Kier alpha value is -2.46. The van der Waals surface area contributed by atoms with Crippen molar-refractivity contribution < 1.29 is 19.4 Å². The highest BCUT2D eigenvalue weighted by atomic mass is 16.6. The quantitative estimate of drug-likeness (QED) is 0.859. The number of Topliss-reactive ketones (excluding diaryl/α,β-unsaturated/α-hetero) is 1. The van der Waals surface area contributed by atoms with Crippen molar-refractivity contribution in [2.45, 2.75) is 18.6 Å². The third-order valence-corrected chi connectivity index (χ3v) is 3.71. The first-order chi connectivity index (χ1) is 10.0. The first-order valence-corrected chi connectivity index (χ1v) is 6.64. The highest BCUT2D eigenvalue weighted by molar-refractivity contribution is 6.08. The van der Waals surface area contributed by atoms with Crippen molar-refractivity contribution in [1.82, 2.24) is 0 Å². The SMILES string of the molecule is CC(=O)OC1c2ccccc2C(=O)C1(O)c1ccccc1. The summed E-state index contributed by atoms with van der Waals surface area (Å²) in [7, 11) is 0. The molecule has 0 bridgehead atoms. The van der Waals surface area contributed by atoms with E-state index in [1.807, 2.05) is 0 Å². The molecule has 4 heteroatoms. The first kappa shape index (κ1) is 13.5. The summed E-state index contributed by atoms with van der Waals surface area (Å²) in [5.41, 5.74) is -0.548. The van der Waals surface area contributed by atoms with Gasteiger partial charge in [0.25, 0.3) is 0 Å². The van der Waals surface area contributed by atoms with E-state index in [9.17, 15) is 14.7 Å². The Morgan fingerprint density at radius 3 is 2.38 bits per heavy atom. The van der Waals surface area contributed by atoms with Crippen LogP contribution in [0.4, 0.5) is 0 Å². The van der Waals surface area contributed by atoms with Gasteiger partial charge in [-0.15, -0.1) is 0 Å². The molecule has 3 rings (SSSR count). The average molecular weight is 282 g/mol. The van der Waals surface area contributed by atoms with E-state index in [1.54, 1.807) is 54.6 Å². The summed E-state index contributed by atoms with van der Waals surface area (Å²) in [6.07, 6.45) is -1.03. The molecule has 0 saturated heterocycles. The summed E-state index contributed by atoms with van der Waals surface area (Å²) in [6, 6.07) is 15.4. The Kier molecular flexibility index (Phi) is 3.11. The smallest absolute Gasteiger partial charge is 0.303 e. The third-order valence-electron chi connectivity index (χ3n) is 3.71. The minimum Gasteiger partial charge on any atom is -0.454 e. The van der Waals surface area contributed by atoms with E-state index in [2.05, 4.69) is 0 Å². The minimum atomic E-state index is -1.88. The van der Waals surface area contributed by atoms with E-state index < -0.39 is 23.5 Å². The number of carbonyl (C=O) groups is 2. The molecule has 4 nitrogen and oxygen atoms in total. The van der Waals surface area contributed by atoms with Crippen LogP contribution in [0.15, 0.2) is 54.6 Å². The van der Waals surface area contributed by atoms with Gasteiger partial charge in [0.15, 0.2) is 11.7 Å². The minimum absolute atomic E-state index is 0.384. The number of esters is 1. The zero-order valence-electron chi connectivity index (χ0n) is 11.4. The molecule has 0 aliphatic heterocycles. The van der Waals surface area contributed by atoms with E-state index in [4.69, 9.17) is 4.74 Å². The van der Waals surface area contributed by atoms with Crippen LogP contribution < -0.4 is 0 Å². The van der Waals surface area contributed by atoms with Gasteiger partial charge in [0, 0.05) is 18.1 Å². The molecule has 1 aliphatic rings. The fourth-order valence-corrected chi connectivity index (χ4v) is 2.77. The Morgan fingerprint density at radius 2 is 1.71 bits per heavy atom. The van der Waals surface area contributed by atoms with Crippen molar-refractivity contribution in [2.75, 3.05) is 0 Å². The Balaban J connectivity index is 2.20. The standard InChI is InChI=1S/C17H14O4/c1-11(18)21-16-14-10-6-5-9-13(14)15(19)17(16,20)12-7-3-2-4-8-12/h2-10,16,20H,1H3. The molecule has 21 heavy (non-hydrogen) atoms. The lowest BCUT2D eigenvalue weighted by molar-refractivity contribution is -0.158. The molecule has 1 N–H and O–H groups in total. The van der Waals surface area contributed by atoms with Crippen molar-refractivity contribution >= 4 is 11.8 Å². The van der Waals surface area contributed by atoms with Crippen molar-refractivity contribution in [3.8, 4) is 0 Å². The lowest BCUT2D eigenvalue weighted by atomic mass is 9.87. The molecular weight excluding hydrogens is 268 g/mol. The summed E-state index contributed by atoms with van der Waals surface area (Å²) in [5.74, 6) is -0.991. The van der Waals surface area contributed by atoms with Gasteiger partial charge in [0.2, 0.25) is 5.78 Å². The van der Waals surface area contributed by atoms with Gasteiger partial charge in [0.1, 0.15) is 0 Å². The number of benzene rings is 2.